The van der Waals surface area contributed by atoms with E-state index in [2.05, 4.69) is 62.5 Å². The number of carbonyl (C=O) groups excluding carboxylic acids is 2. The zero-order valence-corrected chi connectivity index (χ0v) is 39.5. The minimum absolute atomic E-state index is 0.0781. The van der Waals surface area contributed by atoms with Gasteiger partial charge in [0.05, 0.1) is 6.61 Å². The maximum absolute atomic E-state index is 12.8. The highest BCUT2D eigenvalue weighted by Crippen LogP contribution is 2.47. The molecule has 14 heteroatoms. The summed E-state index contributed by atoms with van der Waals surface area (Å²) in [4.78, 5) is 35.7. The quantitative estimate of drug-likeness (QED) is 0.0147. The van der Waals surface area contributed by atoms with Gasteiger partial charge >= 0.3 is 19.8 Å². The SMILES string of the molecule is CCCCCC=CCC=CCC=CCC=CCCCC(=O)OC[C@H](COP(=O)(O)OC1C(O)C(O)C(O)[C@@H](O)C1O)OC(=O)CCCCCCCCCC=CCCCCCCCC. The Morgan fingerprint density at radius 1 is 0.492 bits per heavy atom. The molecule has 0 bridgehead atoms. The molecule has 0 radical (unpaired) electrons. The first-order valence-corrected chi connectivity index (χ1v) is 25.6. The molecule has 6 unspecified atom stereocenters. The summed E-state index contributed by atoms with van der Waals surface area (Å²) >= 11 is 0. The van der Waals surface area contributed by atoms with Crippen molar-refractivity contribution in [3.05, 3.63) is 60.8 Å². The van der Waals surface area contributed by atoms with Crippen molar-refractivity contribution in [2.75, 3.05) is 13.2 Å². The number of allylic oxidation sites excluding steroid dienone is 10. The molecule has 1 saturated carbocycles. The monoisotopic (exact) mass is 913 g/mol. The number of aliphatic hydroxyl groups is 5. The van der Waals surface area contributed by atoms with Crippen molar-refractivity contribution in [3.63, 3.8) is 0 Å². The van der Waals surface area contributed by atoms with Gasteiger partial charge in [-0.05, 0) is 77.0 Å². The lowest BCUT2D eigenvalue weighted by Gasteiger charge is -2.41. The fourth-order valence-electron chi connectivity index (χ4n) is 6.92. The minimum Gasteiger partial charge on any atom is -0.462 e. The van der Waals surface area contributed by atoms with Crippen LogP contribution in [0.4, 0.5) is 0 Å². The summed E-state index contributed by atoms with van der Waals surface area (Å²) in [5.74, 6) is -1.17. The molecule has 8 atom stereocenters. The zero-order chi connectivity index (χ0) is 46.4. The number of phosphoric ester groups is 1. The van der Waals surface area contributed by atoms with Gasteiger partial charge in [0.25, 0.3) is 0 Å². The van der Waals surface area contributed by atoms with Gasteiger partial charge in [-0.15, -0.1) is 0 Å². The third kappa shape index (κ3) is 31.2. The minimum atomic E-state index is -5.13. The second-order valence-corrected chi connectivity index (χ2v) is 18.0. The highest BCUT2D eigenvalue weighted by Gasteiger charge is 2.51. The number of ether oxygens (including phenoxy) is 2. The first kappa shape index (κ1) is 58.6. The molecular formula is C49H85O13P. The number of hydrogen-bond acceptors (Lipinski definition) is 12. The van der Waals surface area contributed by atoms with Gasteiger partial charge in [0.15, 0.2) is 6.10 Å². The fraction of sp³-hybridized carbons (Fsp3) is 0.755. The van der Waals surface area contributed by atoms with E-state index in [1.807, 2.05) is 12.2 Å². The number of esters is 2. The van der Waals surface area contributed by atoms with Crippen LogP contribution in [0, 0.1) is 0 Å². The summed E-state index contributed by atoms with van der Waals surface area (Å²) in [5.41, 5.74) is 0. The Morgan fingerprint density at radius 2 is 0.873 bits per heavy atom. The summed E-state index contributed by atoms with van der Waals surface area (Å²) in [6.45, 7) is 3.22. The lowest BCUT2D eigenvalue weighted by Crippen LogP contribution is -2.64. The van der Waals surface area contributed by atoms with Crippen molar-refractivity contribution in [1.29, 1.82) is 0 Å². The topological polar surface area (TPSA) is 210 Å². The largest absolute Gasteiger partial charge is 0.472 e. The first-order chi connectivity index (χ1) is 30.4. The van der Waals surface area contributed by atoms with Crippen molar-refractivity contribution in [3.8, 4) is 0 Å². The average Bonchev–Trinajstić information content (AvgIpc) is 3.26. The highest BCUT2D eigenvalue weighted by atomic mass is 31.2. The van der Waals surface area contributed by atoms with Crippen molar-refractivity contribution in [1.82, 2.24) is 0 Å². The van der Waals surface area contributed by atoms with Crippen molar-refractivity contribution >= 4 is 19.8 Å². The molecule has 1 aliphatic rings. The van der Waals surface area contributed by atoms with Crippen LogP contribution < -0.4 is 0 Å². The molecule has 0 saturated heterocycles. The molecule has 0 aromatic carbocycles. The molecule has 6 N–H and O–H groups in total. The van der Waals surface area contributed by atoms with E-state index >= 15 is 0 Å². The summed E-state index contributed by atoms with van der Waals surface area (Å²) in [6, 6.07) is 0. The zero-order valence-electron chi connectivity index (χ0n) is 38.6. The second-order valence-electron chi connectivity index (χ2n) is 16.6. The molecule has 0 aromatic rings. The van der Waals surface area contributed by atoms with Crippen LogP contribution in [0.5, 0.6) is 0 Å². The van der Waals surface area contributed by atoms with Crippen LogP contribution >= 0.6 is 7.82 Å². The van der Waals surface area contributed by atoms with E-state index in [-0.39, 0.29) is 12.8 Å². The van der Waals surface area contributed by atoms with Crippen molar-refractivity contribution in [2.24, 2.45) is 0 Å². The van der Waals surface area contributed by atoms with E-state index in [1.165, 1.54) is 70.6 Å². The summed E-state index contributed by atoms with van der Waals surface area (Å²) in [5, 5.41) is 50.2. The third-order valence-electron chi connectivity index (χ3n) is 10.8. The van der Waals surface area contributed by atoms with E-state index in [0.29, 0.717) is 19.3 Å². The summed E-state index contributed by atoms with van der Waals surface area (Å²) < 4.78 is 33.5. The second kappa shape index (κ2) is 38.8. The molecule has 364 valence electrons. The van der Waals surface area contributed by atoms with Gasteiger partial charge in [0.1, 0.15) is 43.2 Å². The standard InChI is InChI=1S/C49H85O13P/c1-3-5-7-9-11-13-15-17-19-21-23-25-27-29-31-33-35-37-42(50)59-39-41(40-60-63(57,58)62-49-47(55)45(53)44(52)46(54)48(49)56)61-43(51)38-36-34-32-30-28-26-24-22-20-18-16-14-12-10-8-6-4-2/h11,13,17-20,23,25,29,31,41,44-49,52-56H,3-10,12,14-16,21-22,24,26-28,30,32-40H2,1-2H3,(H,57,58)/t41-,44?,45-,46?,47?,48?,49?/m1/s1. The van der Waals surface area contributed by atoms with Gasteiger partial charge in [0, 0.05) is 12.8 Å². The van der Waals surface area contributed by atoms with Crippen LogP contribution in [0.3, 0.4) is 0 Å². The van der Waals surface area contributed by atoms with E-state index in [0.717, 1.165) is 64.2 Å². The number of phosphoric acid groups is 1. The Hall–Kier alpha value is -2.45. The molecule has 1 fully saturated rings. The first-order valence-electron chi connectivity index (χ1n) is 24.1. The Bertz CT molecular complexity index is 1330. The molecule has 1 aliphatic carbocycles. The van der Waals surface area contributed by atoms with Crippen LogP contribution in [-0.2, 0) is 32.7 Å². The molecule has 0 aromatic heterocycles. The molecule has 0 amide bonds. The van der Waals surface area contributed by atoms with E-state index in [9.17, 15) is 44.6 Å². The number of unbranched alkanes of at least 4 members (excludes halogenated alkanes) is 17. The van der Waals surface area contributed by atoms with E-state index in [4.69, 9.17) is 18.5 Å². The van der Waals surface area contributed by atoms with Gasteiger partial charge in [0.2, 0.25) is 0 Å². The van der Waals surface area contributed by atoms with Crippen LogP contribution in [-0.4, -0.2) is 98.3 Å². The summed E-state index contributed by atoms with van der Waals surface area (Å²) in [6.07, 6.45) is 34.2. The Labute approximate surface area is 379 Å². The maximum atomic E-state index is 12.8. The molecule has 1 rings (SSSR count). The fourth-order valence-corrected chi connectivity index (χ4v) is 7.89. The average molecular weight is 913 g/mol. The van der Waals surface area contributed by atoms with Gasteiger partial charge in [-0.1, -0.05) is 152 Å². The lowest BCUT2D eigenvalue weighted by molar-refractivity contribution is -0.220. The number of carbonyl (C=O) groups is 2. The highest BCUT2D eigenvalue weighted by molar-refractivity contribution is 7.47. The maximum Gasteiger partial charge on any atom is 0.472 e. The van der Waals surface area contributed by atoms with Crippen LogP contribution in [0.25, 0.3) is 0 Å². The number of aliphatic hydroxyl groups excluding tert-OH is 5. The normalized spacial score (nSPS) is 22.2. The molecule has 0 heterocycles. The van der Waals surface area contributed by atoms with Gasteiger partial charge < -0.3 is 39.9 Å². The number of hydrogen-bond donors (Lipinski definition) is 6. The predicted molar refractivity (Wildman–Crippen MR) is 249 cm³/mol. The molecule has 13 nitrogen and oxygen atoms in total. The van der Waals surface area contributed by atoms with Gasteiger partial charge in [-0.3, -0.25) is 18.6 Å². The molecule has 0 spiro atoms. The lowest BCUT2D eigenvalue weighted by atomic mass is 9.85. The van der Waals surface area contributed by atoms with Crippen LogP contribution in [0.15, 0.2) is 60.8 Å². The molecular weight excluding hydrogens is 827 g/mol. The Balaban J connectivity index is 2.49. The van der Waals surface area contributed by atoms with E-state index in [1.54, 1.807) is 0 Å². The third-order valence-corrected chi connectivity index (χ3v) is 11.8. The smallest absolute Gasteiger partial charge is 0.462 e. The van der Waals surface area contributed by atoms with Crippen molar-refractivity contribution in [2.45, 2.75) is 224 Å². The molecule has 0 aliphatic heterocycles. The van der Waals surface area contributed by atoms with Gasteiger partial charge in [-0.2, -0.15) is 0 Å². The van der Waals surface area contributed by atoms with Gasteiger partial charge in [-0.25, -0.2) is 4.57 Å². The Morgan fingerprint density at radius 3 is 1.40 bits per heavy atom. The number of rotatable bonds is 39. The van der Waals surface area contributed by atoms with Crippen LogP contribution in [0.1, 0.15) is 181 Å². The van der Waals surface area contributed by atoms with E-state index < -0.39 is 75.7 Å². The Kier molecular flexibility index (Phi) is 36.1. The predicted octanol–water partition coefficient (Wildman–Crippen LogP) is 9.73. The molecule has 63 heavy (non-hydrogen) atoms. The van der Waals surface area contributed by atoms with Crippen molar-refractivity contribution < 1.29 is 63.1 Å². The van der Waals surface area contributed by atoms with Crippen LogP contribution in [0.2, 0.25) is 0 Å². The summed E-state index contributed by atoms with van der Waals surface area (Å²) in [7, 11) is -5.13.